The third-order valence-electron chi connectivity index (χ3n) is 11.8. The summed E-state index contributed by atoms with van der Waals surface area (Å²) in [5.41, 5.74) is 0. The molecule has 0 aromatic heterocycles. The molecule has 14 nitrogen and oxygen atoms in total. The van der Waals surface area contributed by atoms with Crippen LogP contribution in [0.25, 0.3) is 0 Å². The highest BCUT2D eigenvalue weighted by molar-refractivity contribution is 5.76. The zero-order valence-corrected chi connectivity index (χ0v) is 36.1. The lowest BCUT2D eigenvalue weighted by molar-refractivity contribution is -0.359. The quantitative estimate of drug-likeness (QED) is 0.0397. The molecule has 0 radical (unpaired) electrons. The molecule has 0 saturated carbocycles. The first-order valence-electron chi connectivity index (χ1n) is 23.3. The summed E-state index contributed by atoms with van der Waals surface area (Å²) in [5.74, 6) is -0.209. The Morgan fingerprint density at radius 1 is 0.552 bits per heavy atom. The Balaban J connectivity index is 1.87. The Morgan fingerprint density at radius 3 is 1.47 bits per heavy atom. The van der Waals surface area contributed by atoms with Gasteiger partial charge in [0.05, 0.1) is 32.0 Å². The topological polar surface area (TPSA) is 228 Å². The molecule has 2 heterocycles. The SMILES string of the molecule is CCCCCCCCCCCCCCCC[C@@H](O)[C@H](CO[C@@H]1O[C@H](CO)[C@@H](O[C@@H]2O[C@H](CO)[C@H](O)C(O)C2O)C(O)C1O)NC(=O)CCCCCCCCCCCC. The molecule has 2 saturated heterocycles. The lowest BCUT2D eigenvalue weighted by Crippen LogP contribution is -2.65. The molecule has 2 fully saturated rings. The van der Waals surface area contributed by atoms with Crippen molar-refractivity contribution in [1.29, 1.82) is 0 Å². The normalized spacial score (nSPS) is 28.7. The summed E-state index contributed by atoms with van der Waals surface area (Å²) in [6.45, 7) is 2.82. The first kappa shape index (κ1) is 53.1. The Kier molecular flexibility index (Phi) is 29.9. The summed E-state index contributed by atoms with van der Waals surface area (Å²) in [6, 6.07) is -0.818. The molecule has 2 rings (SSSR count). The summed E-state index contributed by atoms with van der Waals surface area (Å²) >= 11 is 0. The Hall–Kier alpha value is -1.01. The van der Waals surface area contributed by atoms with Crippen LogP contribution in [0, 0.1) is 0 Å². The van der Waals surface area contributed by atoms with Gasteiger partial charge in [-0.25, -0.2) is 0 Å². The van der Waals surface area contributed by atoms with Crippen LogP contribution in [0.1, 0.15) is 181 Å². The predicted octanol–water partition coefficient (Wildman–Crippen LogP) is 4.66. The van der Waals surface area contributed by atoms with E-state index in [0.29, 0.717) is 12.8 Å². The first-order chi connectivity index (χ1) is 28.1. The maximum absolute atomic E-state index is 13.1. The third-order valence-corrected chi connectivity index (χ3v) is 11.8. The van der Waals surface area contributed by atoms with E-state index in [2.05, 4.69) is 19.2 Å². The van der Waals surface area contributed by atoms with E-state index in [-0.39, 0.29) is 12.5 Å². The zero-order chi connectivity index (χ0) is 42.5. The van der Waals surface area contributed by atoms with E-state index in [9.17, 15) is 45.6 Å². The summed E-state index contributed by atoms with van der Waals surface area (Å²) < 4.78 is 22.7. The lowest BCUT2D eigenvalue weighted by Gasteiger charge is -2.46. The van der Waals surface area contributed by atoms with Crippen LogP contribution in [0.4, 0.5) is 0 Å². The Morgan fingerprint density at radius 2 is 0.983 bits per heavy atom. The van der Waals surface area contributed by atoms with Gasteiger partial charge in [-0.05, 0) is 12.8 Å². The van der Waals surface area contributed by atoms with Crippen molar-refractivity contribution < 1.29 is 64.6 Å². The van der Waals surface area contributed by atoms with Crippen molar-refractivity contribution in [2.45, 2.75) is 254 Å². The number of carbonyl (C=O) groups is 1. The van der Waals surface area contributed by atoms with Gasteiger partial charge in [-0.2, -0.15) is 0 Å². The van der Waals surface area contributed by atoms with E-state index in [0.717, 1.165) is 51.4 Å². The van der Waals surface area contributed by atoms with E-state index in [1.165, 1.54) is 103 Å². The number of rotatable bonds is 35. The van der Waals surface area contributed by atoms with Crippen LogP contribution in [0.15, 0.2) is 0 Å². The zero-order valence-electron chi connectivity index (χ0n) is 36.1. The molecule has 12 atom stereocenters. The predicted molar refractivity (Wildman–Crippen MR) is 222 cm³/mol. The molecule has 4 unspecified atom stereocenters. The van der Waals surface area contributed by atoms with Gasteiger partial charge in [0, 0.05) is 6.42 Å². The van der Waals surface area contributed by atoms with Gasteiger partial charge in [-0.1, -0.05) is 162 Å². The van der Waals surface area contributed by atoms with Crippen molar-refractivity contribution in [3.8, 4) is 0 Å². The molecule has 0 aromatic rings. The minimum Gasteiger partial charge on any atom is -0.394 e. The molecule has 344 valence electrons. The molecule has 0 aliphatic carbocycles. The monoisotopic (exact) mass is 836 g/mol. The van der Waals surface area contributed by atoms with E-state index in [4.69, 9.17) is 18.9 Å². The third kappa shape index (κ3) is 20.7. The van der Waals surface area contributed by atoms with Crippen LogP contribution in [0.3, 0.4) is 0 Å². The van der Waals surface area contributed by atoms with Gasteiger partial charge in [0.15, 0.2) is 12.6 Å². The summed E-state index contributed by atoms with van der Waals surface area (Å²) in [6.07, 6.45) is 12.6. The molecule has 2 aliphatic heterocycles. The minimum absolute atomic E-state index is 0.209. The van der Waals surface area contributed by atoms with Crippen molar-refractivity contribution in [3.63, 3.8) is 0 Å². The fourth-order valence-corrected chi connectivity index (χ4v) is 7.94. The second-order valence-corrected chi connectivity index (χ2v) is 16.9. The number of hydrogen-bond donors (Lipinski definition) is 9. The van der Waals surface area contributed by atoms with Crippen molar-refractivity contribution >= 4 is 5.91 Å². The van der Waals surface area contributed by atoms with Crippen LogP contribution < -0.4 is 5.32 Å². The molecule has 0 aromatic carbocycles. The second kappa shape index (κ2) is 32.7. The summed E-state index contributed by atoms with van der Waals surface area (Å²) in [4.78, 5) is 13.1. The molecule has 14 heteroatoms. The number of aliphatic hydroxyl groups is 8. The van der Waals surface area contributed by atoms with Crippen molar-refractivity contribution in [2.75, 3.05) is 19.8 Å². The molecular weight excluding hydrogens is 750 g/mol. The molecule has 2 aliphatic rings. The van der Waals surface area contributed by atoms with E-state index in [1.54, 1.807) is 0 Å². The van der Waals surface area contributed by atoms with Gasteiger partial charge in [0.2, 0.25) is 5.91 Å². The Bertz CT molecular complexity index is 993. The summed E-state index contributed by atoms with van der Waals surface area (Å²) in [7, 11) is 0. The maximum Gasteiger partial charge on any atom is 0.220 e. The van der Waals surface area contributed by atoms with Gasteiger partial charge >= 0.3 is 0 Å². The van der Waals surface area contributed by atoms with E-state index < -0.39 is 86.8 Å². The maximum atomic E-state index is 13.1. The van der Waals surface area contributed by atoms with Crippen LogP contribution in [0.5, 0.6) is 0 Å². The molecule has 58 heavy (non-hydrogen) atoms. The number of unbranched alkanes of at least 4 members (excludes halogenated alkanes) is 22. The molecule has 0 bridgehead atoms. The average Bonchev–Trinajstić information content (AvgIpc) is 3.22. The largest absolute Gasteiger partial charge is 0.394 e. The van der Waals surface area contributed by atoms with Crippen molar-refractivity contribution in [2.24, 2.45) is 0 Å². The number of hydrogen-bond acceptors (Lipinski definition) is 13. The minimum atomic E-state index is -1.78. The fraction of sp³-hybridized carbons (Fsp3) is 0.977. The number of amides is 1. The van der Waals surface area contributed by atoms with E-state index in [1.807, 2.05) is 0 Å². The number of nitrogens with one attached hydrogen (secondary N) is 1. The van der Waals surface area contributed by atoms with Gasteiger partial charge in [-0.3, -0.25) is 4.79 Å². The highest BCUT2D eigenvalue weighted by Gasteiger charge is 2.51. The van der Waals surface area contributed by atoms with Gasteiger partial charge < -0.3 is 65.1 Å². The van der Waals surface area contributed by atoms with E-state index >= 15 is 0 Å². The van der Waals surface area contributed by atoms with Gasteiger partial charge in [0.25, 0.3) is 0 Å². The average molecular weight is 836 g/mol. The number of ether oxygens (including phenoxy) is 4. The molecular formula is C44H85NO13. The molecule has 9 N–H and O–H groups in total. The summed E-state index contributed by atoms with van der Waals surface area (Å²) in [5, 5.41) is 86.6. The first-order valence-corrected chi connectivity index (χ1v) is 23.3. The lowest BCUT2D eigenvalue weighted by atomic mass is 9.97. The van der Waals surface area contributed by atoms with Crippen molar-refractivity contribution in [3.05, 3.63) is 0 Å². The second-order valence-electron chi connectivity index (χ2n) is 16.9. The van der Waals surface area contributed by atoms with Crippen LogP contribution >= 0.6 is 0 Å². The highest BCUT2D eigenvalue weighted by atomic mass is 16.7. The molecule has 0 spiro atoms. The van der Waals surface area contributed by atoms with Gasteiger partial charge in [-0.15, -0.1) is 0 Å². The van der Waals surface area contributed by atoms with Crippen LogP contribution in [-0.4, -0.2) is 140 Å². The highest BCUT2D eigenvalue weighted by Crippen LogP contribution is 2.30. The van der Waals surface area contributed by atoms with Crippen LogP contribution in [0.2, 0.25) is 0 Å². The fourth-order valence-electron chi connectivity index (χ4n) is 7.94. The van der Waals surface area contributed by atoms with Gasteiger partial charge in [0.1, 0.15) is 48.8 Å². The standard InChI is InChI=1S/C44H85NO13/c1-3-5-7-9-11-13-15-16-17-18-19-21-23-25-27-33(48)32(45-36(49)28-26-24-22-20-14-12-10-8-6-4-2)31-55-43-41(54)39(52)42(35(30-47)57-43)58-44-40(53)38(51)37(50)34(29-46)56-44/h32-35,37-44,46-48,50-54H,3-31H2,1-2H3,(H,45,49)/t32-,33+,34+,35+,37-,38?,39?,40?,41?,42+,43+,44-/m0/s1. The smallest absolute Gasteiger partial charge is 0.220 e. The van der Waals surface area contributed by atoms with Crippen molar-refractivity contribution in [1.82, 2.24) is 5.32 Å². The number of carbonyl (C=O) groups excluding carboxylic acids is 1. The molecule has 1 amide bonds. The Labute approximate surface area is 349 Å². The van der Waals surface area contributed by atoms with Crippen LogP contribution in [-0.2, 0) is 23.7 Å². The number of aliphatic hydroxyl groups excluding tert-OH is 8.